The summed E-state index contributed by atoms with van der Waals surface area (Å²) in [6, 6.07) is 0. The summed E-state index contributed by atoms with van der Waals surface area (Å²) in [6.07, 6.45) is 5.45. The maximum absolute atomic E-state index is 12.2. The number of hydrogen-bond acceptors (Lipinski definition) is 6. The number of aryl methyl sites for hydroxylation is 1. The van der Waals surface area contributed by atoms with Crippen molar-refractivity contribution in [1.82, 2.24) is 15.2 Å². The molecule has 1 N–H and O–H groups in total. The lowest BCUT2D eigenvalue weighted by atomic mass is 10.1. The van der Waals surface area contributed by atoms with E-state index < -0.39 is 10.0 Å². The zero-order valence-electron chi connectivity index (χ0n) is 12.5. The molecule has 2 aliphatic rings. The van der Waals surface area contributed by atoms with E-state index >= 15 is 0 Å². The average molecular weight is 352 g/mol. The van der Waals surface area contributed by atoms with Gasteiger partial charge in [-0.25, -0.2) is 13.4 Å². The van der Waals surface area contributed by atoms with Crippen LogP contribution in [-0.4, -0.2) is 48.9 Å². The molecule has 7 nitrogen and oxygen atoms in total. The first kappa shape index (κ1) is 15.9. The summed E-state index contributed by atoms with van der Waals surface area (Å²) in [6.45, 7) is 2.76. The van der Waals surface area contributed by atoms with Gasteiger partial charge in [-0.2, -0.15) is 0 Å². The van der Waals surface area contributed by atoms with E-state index in [1.54, 1.807) is 34.6 Å². The SMILES string of the molecule is Cc1nc(CCNC(=O)C2=CN3CCS(=O)(=O)N=C3C=C2)cs1. The minimum Gasteiger partial charge on any atom is -0.352 e. The lowest BCUT2D eigenvalue weighted by Crippen LogP contribution is -2.38. The standard InChI is InChI=1S/C14H16N4O3S2/c1-10-16-12(9-22-10)4-5-15-14(19)11-2-3-13-17-23(20,21)7-6-18(13)8-11/h2-3,8-9H,4-7H2,1H3,(H,15,19). The minimum absolute atomic E-state index is 0.0427. The molecule has 1 amide bonds. The fraction of sp³-hybridized carbons (Fsp3) is 0.357. The van der Waals surface area contributed by atoms with E-state index in [0.29, 0.717) is 30.9 Å². The van der Waals surface area contributed by atoms with Gasteiger partial charge in [0.15, 0.2) is 0 Å². The molecule has 3 heterocycles. The number of nitrogens with zero attached hydrogens (tertiary/aromatic N) is 3. The molecule has 2 aliphatic heterocycles. The number of hydrogen-bond donors (Lipinski definition) is 1. The lowest BCUT2D eigenvalue weighted by Gasteiger charge is -2.26. The van der Waals surface area contributed by atoms with Crippen LogP contribution in [0.1, 0.15) is 10.7 Å². The molecule has 0 aromatic carbocycles. The van der Waals surface area contributed by atoms with Crippen LogP contribution in [0.2, 0.25) is 0 Å². The van der Waals surface area contributed by atoms with Gasteiger partial charge in [0.05, 0.1) is 22.0 Å². The molecule has 0 saturated heterocycles. The smallest absolute Gasteiger partial charge is 0.256 e. The van der Waals surface area contributed by atoms with Crippen LogP contribution < -0.4 is 5.32 Å². The summed E-state index contributed by atoms with van der Waals surface area (Å²) < 4.78 is 26.6. The third kappa shape index (κ3) is 3.85. The van der Waals surface area contributed by atoms with Crippen LogP contribution in [-0.2, 0) is 21.2 Å². The maximum Gasteiger partial charge on any atom is 0.256 e. The molecule has 0 fully saturated rings. The summed E-state index contributed by atoms with van der Waals surface area (Å²) in [5.41, 5.74) is 1.45. The van der Waals surface area contributed by atoms with Crippen LogP contribution in [0.4, 0.5) is 0 Å². The van der Waals surface area contributed by atoms with Crippen molar-refractivity contribution >= 4 is 33.1 Å². The number of sulfonamides is 1. The van der Waals surface area contributed by atoms with E-state index in [4.69, 9.17) is 0 Å². The Kier molecular flexibility index (Phi) is 4.31. The first-order chi connectivity index (χ1) is 10.9. The number of carbonyl (C=O) groups is 1. The molecule has 1 aromatic heterocycles. The molecular formula is C14H16N4O3S2. The van der Waals surface area contributed by atoms with Crippen molar-refractivity contribution in [3.63, 3.8) is 0 Å². The van der Waals surface area contributed by atoms with Gasteiger partial charge in [-0.1, -0.05) is 0 Å². The molecule has 0 bridgehead atoms. The number of nitrogens with one attached hydrogen (secondary N) is 1. The molecule has 0 unspecified atom stereocenters. The summed E-state index contributed by atoms with van der Waals surface area (Å²) in [7, 11) is -3.37. The van der Waals surface area contributed by atoms with Crippen LogP contribution in [0.25, 0.3) is 0 Å². The lowest BCUT2D eigenvalue weighted by molar-refractivity contribution is -0.117. The summed E-state index contributed by atoms with van der Waals surface area (Å²) in [5.74, 6) is 0.116. The van der Waals surface area contributed by atoms with E-state index in [1.165, 1.54) is 0 Å². The number of carbonyl (C=O) groups excluding carboxylic acids is 1. The number of aromatic nitrogens is 1. The largest absolute Gasteiger partial charge is 0.352 e. The zero-order valence-corrected chi connectivity index (χ0v) is 14.2. The third-order valence-corrected chi connectivity index (χ3v) is 5.41. The Bertz CT molecular complexity index is 821. The molecule has 0 atom stereocenters. The van der Waals surface area contributed by atoms with Gasteiger partial charge >= 0.3 is 0 Å². The second kappa shape index (κ2) is 6.25. The second-order valence-electron chi connectivity index (χ2n) is 5.21. The molecule has 0 aliphatic carbocycles. The van der Waals surface area contributed by atoms with Gasteiger partial charge in [0.25, 0.3) is 15.9 Å². The Hall–Kier alpha value is -2.00. The highest BCUT2D eigenvalue weighted by Gasteiger charge is 2.24. The summed E-state index contributed by atoms with van der Waals surface area (Å²) >= 11 is 1.59. The fourth-order valence-corrected chi connectivity index (χ4v) is 3.88. The molecule has 23 heavy (non-hydrogen) atoms. The minimum atomic E-state index is -3.37. The topological polar surface area (TPSA) is 91.7 Å². The van der Waals surface area contributed by atoms with Gasteiger partial charge in [-0.3, -0.25) is 4.79 Å². The Morgan fingerprint density at radius 3 is 3.00 bits per heavy atom. The van der Waals surface area contributed by atoms with E-state index in [0.717, 1.165) is 10.7 Å². The van der Waals surface area contributed by atoms with Gasteiger partial charge in [0.1, 0.15) is 5.84 Å². The van der Waals surface area contributed by atoms with Gasteiger partial charge in [-0.15, -0.1) is 15.7 Å². The van der Waals surface area contributed by atoms with Crippen LogP contribution in [0.5, 0.6) is 0 Å². The number of amides is 1. The van der Waals surface area contributed by atoms with Crippen molar-refractivity contribution in [1.29, 1.82) is 0 Å². The zero-order chi connectivity index (χ0) is 16.4. The molecule has 3 rings (SSSR count). The van der Waals surface area contributed by atoms with Crippen molar-refractivity contribution in [3.05, 3.63) is 40.0 Å². The number of thiazole rings is 1. The van der Waals surface area contributed by atoms with E-state index in [1.807, 2.05) is 12.3 Å². The first-order valence-electron chi connectivity index (χ1n) is 7.11. The number of fused-ring (bicyclic) bond motifs is 1. The van der Waals surface area contributed by atoms with Crippen LogP contribution >= 0.6 is 11.3 Å². The first-order valence-corrected chi connectivity index (χ1v) is 9.60. The summed E-state index contributed by atoms with van der Waals surface area (Å²) in [4.78, 5) is 18.2. The highest BCUT2D eigenvalue weighted by Crippen LogP contribution is 2.15. The van der Waals surface area contributed by atoms with Crippen LogP contribution in [0, 0.1) is 6.92 Å². The van der Waals surface area contributed by atoms with Crippen molar-refractivity contribution in [2.24, 2.45) is 4.40 Å². The van der Waals surface area contributed by atoms with E-state index in [9.17, 15) is 13.2 Å². The van der Waals surface area contributed by atoms with Crippen LogP contribution in [0.3, 0.4) is 0 Å². The Labute approximate surface area is 138 Å². The molecule has 122 valence electrons. The quantitative estimate of drug-likeness (QED) is 0.857. The van der Waals surface area contributed by atoms with Crippen molar-refractivity contribution in [3.8, 4) is 0 Å². The second-order valence-corrected chi connectivity index (χ2v) is 8.03. The van der Waals surface area contributed by atoms with E-state index in [-0.39, 0.29) is 11.7 Å². The van der Waals surface area contributed by atoms with Crippen molar-refractivity contribution in [2.75, 3.05) is 18.8 Å². The van der Waals surface area contributed by atoms with Gasteiger partial charge in [-0.05, 0) is 19.1 Å². The molecule has 9 heteroatoms. The van der Waals surface area contributed by atoms with Gasteiger partial charge in [0, 0.05) is 31.1 Å². The highest BCUT2D eigenvalue weighted by molar-refractivity contribution is 7.90. The highest BCUT2D eigenvalue weighted by atomic mass is 32.2. The fourth-order valence-electron chi connectivity index (χ4n) is 2.26. The predicted octanol–water partition coefficient (Wildman–Crippen LogP) is 0.608. The number of rotatable bonds is 4. The molecule has 1 aromatic rings. The normalized spacial score (nSPS) is 18.9. The van der Waals surface area contributed by atoms with Gasteiger partial charge < -0.3 is 10.2 Å². The van der Waals surface area contributed by atoms with Crippen molar-refractivity contribution in [2.45, 2.75) is 13.3 Å². The van der Waals surface area contributed by atoms with E-state index in [2.05, 4.69) is 14.7 Å². The molecule has 0 saturated carbocycles. The Morgan fingerprint density at radius 1 is 1.43 bits per heavy atom. The molecule has 0 spiro atoms. The average Bonchev–Trinajstić information content (AvgIpc) is 2.91. The maximum atomic E-state index is 12.2. The van der Waals surface area contributed by atoms with Crippen LogP contribution in [0.15, 0.2) is 33.7 Å². The van der Waals surface area contributed by atoms with Gasteiger partial charge in [0.2, 0.25) is 0 Å². The molecule has 0 radical (unpaired) electrons. The Morgan fingerprint density at radius 2 is 2.26 bits per heavy atom. The summed E-state index contributed by atoms with van der Waals surface area (Å²) in [5, 5.41) is 5.84. The number of amidine groups is 1. The monoisotopic (exact) mass is 352 g/mol. The third-order valence-electron chi connectivity index (χ3n) is 3.42. The van der Waals surface area contributed by atoms with Crippen molar-refractivity contribution < 1.29 is 13.2 Å². The Balaban J connectivity index is 1.59. The molecular weight excluding hydrogens is 336 g/mol. The predicted molar refractivity (Wildman–Crippen MR) is 88.7 cm³/mol.